The Hall–Kier alpha value is -2.36. The second kappa shape index (κ2) is 7.43. The molecule has 0 heterocycles. The van der Waals surface area contributed by atoms with Crippen molar-refractivity contribution < 1.29 is 14.3 Å². The number of hydrogen-bond donors (Lipinski definition) is 1. The van der Waals surface area contributed by atoms with E-state index in [1.54, 1.807) is 0 Å². The number of hydrogen-bond acceptors (Lipinski definition) is 3. The van der Waals surface area contributed by atoms with Crippen molar-refractivity contribution in [1.29, 1.82) is 0 Å². The average Bonchev–Trinajstić information content (AvgIpc) is 2.52. The van der Waals surface area contributed by atoms with Gasteiger partial charge in [0.2, 0.25) is 5.91 Å². The molecule has 0 aromatic heterocycles. The van der Waals surface area contributed by atoms with Crippen molar-refractivity contribution >= 4 is 22.6 Å². The van der Waals surface area contributed by atoms with E-state index in [1.165, 1.54) is 17.9 Å². The highest BCUT2D eigenvalue weighted by Crippen LogP contribution is 2.16. The van der Waals surface area contributed by atoms with Crippen molar-refractivity contribution in [3.8, 4) is 0 Å². The fraction of sp³-hybridized carbons (Fsp3) is 0.294. The van der Waals surface area contributed by atoms with Crippen molar-refractivity contribution in [2.75, 3.05) is 13.7 Å². The molecule has 0 bridgehead atoms. The van der Waals surface area contributed by atoms with E-state index in [4.69, 9.17) is 0 Å². The molecule has 0 spiro atoms. The maximum atomic E-state index is 11.7. The fourth-order valence-corrected chi connectivity index (χ4v) is 2.15. The number of aryl methyl sites for hydroxylation is 1. The van der Waals surface area contributed by atoms with Crippen LogP contribution in [-0.2, 0) is 20.7 Å². The first-order valence-electron chi connectivity index (χ1n) is 7.00. The van der Waals surface area contributed by atoms with Gasteiger partial charge in [-0.1, -0.05) is 42.5 Å². The van der Waals surface area contributed by atoms with Gasteiger partial charge in [-0.3, -0.25) is 9.59 Å². The minimum Gasteiger partial charge on any atom is -0.469 e. The summed E-state index contributed by atoms with van der Waals surface area (Å²) in [5, 5.41) is 5.10. The molecular formula is C17H19NO3. The molecule has 4 nitrogen and oxygen atoms in total. The highest BCUT2D eigenvalue weighted by Gasteiger charge is 2.05. The lowest BCUT2D eigenvalue weighted by molar-refractivity contribution is -0.140. The Balaban J connectivity index is 1.81. The maximum absolute atomic E-state index is 11.7. The molecule has 2 aromatic rings. The minimum atomic E-state index is -0.315. The molecule has 0 aliphatic carbocycles. The second-order valence-corrected chi connectivity index (χ2v) is 4.86. The number of nitrogens with one attached hydrogen (secondary N) is 1. The third-order valence-electron chi connectivity index (χ3n) is 3.33. The summed E-state index contributed by atoms with van der Waals surface area (Å²) in [6.45, 7) is 0.323. The second-order valence-electron chi connectivity index (χ2n) is 4.86. The zero-order valence-corrected chi connectivity index (χ0v) is 12.1. The third-order valence-corrected chi connectivity index (χ3v) is 3.33. The van der Waals surface area contributed by atoms with Crippen LogP contribution >= 0.6 is 0 Å². The molecule has 0 saturated carbocycles. The molecule has 0 aliphatic rings. The third kappa shape index (κ3) is 4.60. The zero-order chi connectivity index (χ0) is 15.1. The molecule has 0 unspecified atom stereocenters. The van der Waals surface area contributed by atoms with Gasteiger partial charge in [0.1, 0.15) is 0 Å². The molecule has 0 atom stereocenters. The number of fused-ring (bicyclic) bond motifs is 1. The van der Waals surface area contributed by atoms with Gasteiger partial charge in [0.15, 0.2) is 0 Å². The summed E-state index contributed by atoms with van der Waals surface area (Å²) in [6.07, 6.45) is 1.31. The molecule has 2 rings (SSSR count). The number of esters is 1. The van der Waals surface area contributed by atoms with Gasteiger partial charge in [-0.15, -0.1) is 0 Å². The van der Waals surface area contributed by atoms with Crippen molar-refractivity contribution in [2.45, 2.75) is 19.3 Å². The lowest BCUT2D eigenvalue weighted by Crippen LogP contribution is -2.26. The van der Waals surface area contributed by atoms with Crippen molar-refractivity contribution in [2.24, 2.45) is 0 Å². The number of benzene rings is 2. The first-order chi connectivity index (χ1) is 10.2. The van der Waals surface area contributed by atoms with Gasteiger partial charge in [-0.05, 0) is 22.8 Å². The number of carbonyl (C=O) groups excluding carboxylic acids is 2. The largest absolute Gasteiger partial charge is 0.469 e. The van der Waals surface area contributed by atoms with Gasteiger partial charge in [0, 0.05) is 13.0 Å². The van der Waals surface area contributed by atoms with E-state index in [9.17, 15) is 9.59 Å². The standard InChI is InChI=1S/C17H19NO3/c1-21-17(20)10-11-18-16(19)9-7-13-6-8-14-4-2-3-5-15(14)12-13/h2-6,8,12H,7,9-11H2,1H3,(H,18,19). The number of amides is 1. The van der Waals surface area contributed by atoms with Crippen molar-refractivity contribution in [3.63, 3.8) is 0 Å². The van der Waals surface area contributed by atoms with Crippen LogP contribution < -0.4 is 5.32 Å². The summed E-state index contributed by atoms with van der Waals surface area (Å²) in [5.74, 6) is -0.364. The van der Waals surface area contributed by atoms with Gasteiger partial charge in [0.25, 0.3) is 0 Å². The van der Waals surface area contributed by atoms with Gasteiger partial charge in [-0.2, -0.15) is 0 Å². The van der Waals surface area contributed by atoms with Crippen LogP contribution in [0.25, 0.3) is 10.8 Å². The number of methoxy groups -OCH3 is 1. The summed E-state index contributed by atoms with van der Waals surface area (Å²) in [6, 6.07) is 14.4. The van der Waals surface area contributed by atoms with E-state index in [2.05, 4.69) is 34.3 Å². The summed E-state index contributed by atoms with van der Waals surface area (Å²) >= 11 is 0. The van der Waals surface area contributed by atoms with E-state index in [-0.39, 0.29) is 18.3 Å². The molecule has 1 amide bonds. The van der Waals surface area contributed by atoms with Crippen LogP contribution in [0.3, 0.4) is 0 Å². The molecule has 0 fully saturated rings. The van der Waals surface area contributed by atoms with E-state index >= 15 is 0 Å². The SMILES string of the molecule is COC(=O)CCNC(=O)CCc1ccc2ccccc2c1. The highest BCUT2D eigenvalue weighted by molar-refractivity contribution is 5.83. The van der Waals surface area contributed by atoms with E-state index < -0.39 is 0 Å². The minimum absolute atomic E-state index is 0.0490. The van der Waals surface area contributed by atoms with Crippen LogP contribution in [0.2, 0.25) is 0 Å². The average molecular weight is 285 g/mol. The van der Waals surface area contributed by atoms with Crippen LogP contribution in [0.4, 0.5) is 0 Å². The smallest absolute Gasteiger partial charge is 0.307 e. The Morgan fingerprint density at radius 1 is 1.05 bits per heavy atom. The molecule has 0 saturated heterocycles. The van der Waals surface area contributed by atoms with Gasteiger partial charge >= 0.3 is 5.97 Å². The van der Waals surface area contributed by atoms with Crippen LogP contribution in [0, 0.1) is 0 Å². The Bertz CT molecular complexity index is 637. The Labute approximate surface area is 124 Å². The molecule has 2 aromatic carbocycles. The molecular weight excluding hydrogens is 266 g/mol. The first kappa shape index (κ1) is 15.0. The predicted octanol–water partition coefficient (Wildman–Crippen LogP) is 2.45. The lowest BCUT2D eigenvalue weighted by Gasteiger charge is -2.06. The van der Waals surface area contributed by atoms with E-state index in [1.807, 2.05) is 18.2 Å². The predicted molar refractivity (Wildman–Crippen MR) is 81.9 cm³/mol. The number of ether oxygens (including phenoxy) is 1. The Morgan fingerprint density at radius 3 is 2.57 bits per heavy atom. The van der Waals surface area contributed by atoms with Gasteiger partial charge in [-0.25, -0.2) is 0 Å². The van der Waals surface area contributed by atoms with Crippen molar-refractivity contribution in [1.82, 2.24) is 5.32 Å². The molecule has 110 valence electrons. The number of carbonyl (C=O) groups is 2. The van der Waals surface area contributed by atoms with Crippen LogP contribution in [0.15, 0.2) is 42.5 Å². The topological polar surface area (TPSA) is 55.4 Å². The summed E-state index contributed by atoms with van der Waals surface area (Å²) < 4.78 is 4.51. The van der Waals surface area contributed by atoms with Gasteiger partial charge in [0.05, 0.1) is 13.5 Å². The van der Waals surface area contributed by atoms with Crippen molar-refractivity contribution in [3.05, 3.63) is 48.0 Å². The monoisotopic (exact) mass is 285 g/mol. The normalized spacial score (nSPS) is 10.3. The maximum Gasteiger partial charge on any atom is 0.307 e. The quantitative estimate of drug-likeness (QED) is 0.829. The van der Waals surface area contributed by atoms with Crippen LogP contribution in [-0.4, -0.2) is 25.5 Å². The molecule has 1 N–H and O–H groups in total. The van der Waals surface area contributed by atoms with Crippen LogP contribution in [0.1, 0.15) is 18.4 Å². The van der Waals surface area contributed by atoms with E-state index in [0.717, 1.165) is 5.56 Å². The fourth-order valence-electron chi connectivity index (χ4n) is 2.15. The Kier molecular flexibility index (Phi) is 5.32. The summed E-state index contributed by atoms with van der Waals surface area (Å²) in [5.41, 5.74) is 1.14. The van der Waals surface area contributed by atoms with Gasteiger partial charge < -0.3 is 10.1 Å². The van der Waals surface area contributed by atoms with Crippen LogP contribution in [0.5, 0.6) is 0 Å². The highest BCUT2D eigenvalue weighted by atomic mass is 16.5. The zero-order valence-electron chi connectivity index (χ0n) is 12.1. The lowest BCUT2D eigenvalue weighted by atomic mass is 10.0. The molecule has 4 heteroatoms. The molecule has 21 heavy (non-hydrogen) atoms. The van der Waals surface area contributed by atoms with E-state index in [0.29, 0.717) is 19.4 Å². The molecule has 0 radical (unpaired) electrons. The number of rotatable bonds is 6. The Morgan fingerprint density at radius 2 is 1.81 bits per heavy atom. The first-order valence-corrected chi connectivity index (χ1v) is 7.00. The summed E-state index contributed by atoms with van der Waals surface area (Å²) in [7, 11) is 1.34. The summed E-state index contributed by atoms with van der Waals surface area (Å²) in [4.78, 5) is 22.6. The molecule has 0 aliphatic heterocycles.